The molecule has 0 spiro atoms. The second-order valence-electron chi connectivity index (χ2n) is 5.91. The van der Waals surface area contributed by atoms with E-state index in [9.17, 15) is 14.0 Å². The number of nitrogens with zero attached hydrogens (tertiary/aromatic N) is 1. The van der Waals surface area contributed by atoms with Crippen LogP contribution >= 0.6 is 0 Å². The van der Waals surface area contributed by atoms with Crippen molar-refractivity contribution in [3.63, 3.8) is 0 Å². The highest BCUT2D eigenvalue weighted by Crippen LogP contribution is 2.23. The number of benzene rings is 2. The molecule has 3 rings (SSSR count). The SMILES string of the molecule is CN(C)C(=O)c1cccc(NC(=O)c2ccc(-c3ccc(F)cc3)o2)c1. The normalized spacial score (nSPS) is 10.4. The fourth-order valence-corrected chi connectivity index (χ4v) is 2.41. The maximum Gasteiger partial charge on any atom is 0.291 e. The van der Waals surface area contributed by atoms with Gasteiger partial charge >= 0.3 is 0 Å². The summed E-state index contributed by atoms with van der Waals surface area (Å²) >= 11 is 0. The molecule has 5 nitrogen and oxygen atoms in total. The fraction of sp³-hybridized carbons (Fsp3) is 0.100. The van der Waals surface area contributed by atoms with Gasteiger partial charge in [-0.15, -0.1) is 0 Å². The molecular formula is C20H17FN2O3. The molecule has 0 bridgehead atoms. The molecule has 0 saturated heterocycles. The lowest BCUT2D eigenvalue weighted by Crippen LogP contribution is -2.21. The van der Waals surface area contributed by atoms with Crippen LogP contribution in [0.4, 0.5) is 10.1 Å². The van der Waals surface area contributed by atoms with E-state index in [0.29, 0.717) is 22.6 Å². The Morgan fingerprint density at radius 2 is 1.73 bits per heavy atom. The molecule has 1 aromatic heterocycles. The van der Waals surface area contributed by atoms with Crippen LogP contribution in [0.3, 0.4) is 0 Å². The first-order valence-corrected chi connectivity index (χ1v) is 7.93. The second-order valence-corrected chi connectivity index (χ2v) is 5.91. The van der Waals surface area contributed by atoms with Gasteiger partial charge in [0.05, 0.1) is 0 Å². The van der Waals surface area contributed by atoms with E-state index in [0.717, 1.165) is 0 Å². The van der Waals surface area contributed by atoms with E-state index in [1.807, 2.05) is 0 Å². The standard InChI is InChI=1S/C20H17FN2O3/c1-23(2)20(25)14-4-3-5-16(12-14)22-19(24)18-11-10-17(26-18)13-6-8-15(21)9-7-13/h3-12H,1-2H3,(H,22,24). The molecule has 1 heterocycles. The number of rotatable bonds is 4. The highest BCUT2D eigenvalue weighted by molar-refractivity contribution is 6.03. The fourth-order valence-electron chi connectivity index (χ4n) is 2.41. The summed E-state index contributed by atoms with van der Waals surface area (Å²) in [6.07, 6.45) is 0. The first kappa shape index (κ1) is 17.4. The number of hydrogen-bond acceptors (Lipinski definition) is 3. The van der Waals surface area contributed by atoms with E-state index in [1.165, 1.54) is 17.0 Å². The summed E-state index contributed by atoms with van der Waals surface area (Å²) in [7, 11) is 3.32. The Bertz CT molecular complexity index is 946. The second kappa shape index (κ2) is 7.23. The number of nitrogens with one attached hydrogen (secondary N) is 1. The zero-order chi connectivity index (χ0) is 18.7. The molecule has 1 N–H and O–H groups in total. The number of halogens is 1. The van der Waals surface area contributed by atoms with Crippen molar-refractivity contribution >= 4 is 17.5 Å². The van der Waals surface area contributed by atoms with Crippen molar-refractivity contribution in [1.82, 2.24) is 4.90 Å². The maximum absolute atomic E-state index is 13.0. The van der Waals surface area contributed by atoms with Crippen LogP contribution in [0, 0.1) is 5.82 Å². The molecule has 0 radical (unpaired) electrons. The summed E-state index contributed by atoms with van der Waals surface area (Å²) in [6, 6.07) is 15.7. The number of furan rings is 1. The van der Waals surface area contributed by atoms with Crippen LogP contribution < -0.4 is 5.32 Å². The monoisotopic (exact) mass is 352 g/mol. The van der Waals surface area contributed by atoms with E-state index < -0.39 is 5.91 Å². The summed E-state index contributed by atoms with van der Waals surface area (Å²) < 4.78 is 18.5. The largest absolute Gasteiger partial charge is 0.451 e. The highest BCUT2D eigenvalue weighted by Gasteiger charge is 2.14. The van der Waals surface area contributed by atoms with Gasteiger partial charge in [0, 0.05) is 30.9 Å². The number of carbonyl (C=O) groups excluding carboxylic acids is 2. The quantitative estimate of drug-likeness (QED) is 0.771. The van der Waals surface area contributed by atoms with Crippen LogP contribution in [0.1, 0.15) is 20.9 Å². The summed E-state index contributed by atoms with van der Waals surface area (Å²) in [5.41, 5.74) is 1.63. The molecule has 0 aliphatic heterocycles. The zero-order valence-corrected chi connectivity index (χ0v) is 14.3. The molecule has 0 saturated carbocycles. The van der Waals surface area contributed by atoms with Crippen molar-refractivity contribution in [2.45, 2.75) is 0 Å². The Labute approximate surface area is 150 Å². The van der Waals surface area contributed by atoms with E-state index >= 15 is 0 Å². The van der Waals surface area contributed by atoms with Crippen molar-refractivity contribution in [3.05, 3.63) is 77.8 Å². The Hall–Kier alpha value is -3.41. The van der Waals surface area contributed by atoms with Gasteiger partial charge in [-0.05, 0) is 54.6 Å². The molecule has 132 valence electrons. The van der Waals surface area contributed by atoms with E-state index in [1.54, 1.807) is 62.6 Å². The van der Waals surface area contributed by atoms with Crippen LogP contribution in [-0.4, -0.2) is 30.8 Å². The van der Waals surface area contributed by atoms with Crippen LogP contribution in [0.25, 0.3) is 11.3 Å². The van der Waals surface area contributed by atoms with Crippen LogP contribution in [-0.2, 0) is 0 Å². The first-order chi connectivity index (χ1) is 12.4. The first-order valence-electron chi connectivity index (χ1n) is 7.93. The van der Waals surface area contributed by atoms with Gasteiger partial charge in [0.2, 0.25) is 0 Å². The molecule has 0 unspecified atom stereocenters. The topological polar surface area (TPSA) is 62.6 Å². The highest BCUT2D eigenvalue weighted by atomic mass is 19.1. The van der Waals surface area contributed by atoms with Gasteiger partial charge in [0.1, 0.15) is 11.6 Å². The lowest BCUT2D eigenvalue weighted by Gasteiger charge is -2.11. The third-order valence-corrected chi connectivity index (χ3v) is 3.73. The van der Waals surface area contributed by atoms with Crippen molar-refractivity contribution in [1.29, 1.82) is 0 Å². The average molecular weight is 352 g/mol. The lowest BCUT2D eigenvalue weighted by atomic mass is 10.2. The predicted molar refractivity (Wildman–Crippen MR) is 96.5 cm³/mol. The number of carbonyl (C=O) groups is 2. The number of hydrogen-bond donors (Lipinski definition) is 1. The molecule has 0 fully saturated rings. The number of anilines is 1. The molecule has 2 amide bonds. The van der Waals surface area contributed by atoms with E-state index in [4.69, 9.17) is 4.42 Å². The van der Waals surface area contributed by atoms with Gasteiger partial charge < -0.3 is 14.6 Å². The van der Waals surface area contributed by atoms with Crippen molar-refractivity contribution < 1.29 is 18.4 Å². The Morgan fingerprint density at radius 1 is 1.00 bits per heavy atom. The van der Waals surface area contributed by atoms with Gasteiger partial charge in [-0.1, -0.05) is 6.07 Å². The van der Waals surface area contributed by atoms with Gasteiger partial charge in [-0.25, -0.2) is 4.39 Å². The van der Waals surface area contributed by atoms with Crippen molar-refractivity contribution in [3.8, 4) is 11.3 Å². The lowest BCUT2D eigenvalue weighted by molar-refractivity contribution is 0.0827. The number of amides is 2. The summed E-state index contributed by atoms with van der Waals surface area (Å²) in [5.74, 6) is -0.351. The molecule has 0 atom stereocenters. The smallest absolute Gasteiger partial charge is 0.291 e. The van der Waals surface area contributed by atoms with E-state index in [-0.39, 0.29) is 17.5 Å². The average Bonchev–Trinajstić information content (AvgIpc) is 3.12. The molecule has 0 aliphatic rings. The summed E-state index contributed by atoms with van der Waals surface area (Å²) in [4.78, 5) is 25.8. The van der Waals surface area contributed by atoms with Gasteiger partial charge in [-0.2, -0.15) is 0 Å². The Balaban J connectivity index is 1.76. The molecule has 26 heavy (non-hydrogen) atoms. The molecule has 0 aliphatic carbocycles. The molecular weight excluding hydrogens is 335 g/mol. The third-order valence-electron chi connectivity index (χ3n) is 3.73. The molecule has 6 heteroatoms. The Kier molecular flexibility index (Phi) is 4.84. The minimum absolute atomic E-state index is 0.119. The predicted octanol–water partition coefficient (Wildman–Crippen LogP) is 4.04. The minimum Gasteiger partial charge on any atom is -0.451 e. The van der Waals surface area contributed by atoms with Crippen LogP contribution in [0.2, 0.25) is 0 Å². The van der Waals surface area contributed by atoms with E-state index in [2.05, 4.69) is 5.32 Å². The minimum atomic E-state index is -0.437. The van der Waals surface area contributed by atoms with Crippen molar-refractivity contribution in [2.24, 2.45) is 0 Å². The van der Waals surface area contributed by atoms with Gasteiger partial charge in [0.15, 0.2) is 5.76 Å². The summed E-state index contributed by atoms with van der Waals surface area (Å²) in [6.45, 7) is 0. The Morgan fingerprint density at radius 3 is 2.42 bits per heavy atom. The third kappa shape index (κ3) is 3.80. The molecule has 2 aromatic carbocycles. The maximum atomic E-state index is 13.0. The molecule has 3 aromatic rings. The zero-order valence-electron chi connectivity index (χ0n) is 14.3. The van der Waals surface area contributed by atoms with Crippen LogP contribution in [0.15, 0.2) is 65.1 Å². The van der Waals surface area contributed by atoms with Crippen molar-refractivity contribution in [2.75, 3.05) is 19.4 Å². The summed E-state index contributed by atoms with van der Waals surface area (Å²) in [5, 5.41) is 2.70. The van der Waals surface area contributed by atoms with Gasteiger partial charge in [0.25, 0.3) is 11.8 Å². The van der Waals surface area contributed by atoms with Gasteiger partial charge in [-0.3, -0.25) is 9.59 Å². The van der Waals surface area contributed by atoms with Crippen LogP contribution in [0.5, 0.6) is 0 Å².